The molecule has 8 aromatic rings. The van der Waals surface area contributed by atoms with Crippen molar-refractivity contribution in [2.75, 3.05) is 0 Å². The van der Waals surface area contributed by atoms with Crippen LogP contribution in [-0.4, -0.2) is 14.2 Å². The van der Waals surface area contributed by atoms with Gasteiger partial charge in [-0.15, -0.1) is 0 Å². The van der Waals surface area contributed by atoms with E-state index in [1.54, 1.807) is 6.07 Å². The van der Waals surface area contributed by atoms with Gasteiger partial charge in [0.15, 0.2) is 11.5 Å². The van der Waals surface area contributed by atoms with Crippen LogP contribution in [0.15, 0.2) is 121 Å². The van der Waals surface area contributed by atoms with Gasteiger partial charge in [-0.05, 0) is 82.8 Å². The molecule has 2 aromatic heterocycles. The van der Waals surface area contributed by atoms with Crippen molar-refractivity contribution in [3.63, 3.8) is 0 Å². The van der Waals surface area contributed by atoms with Crippen molar-refractivity contribution in [2.24, 2.45) is 0 Å². The predicted molar refractivity (Wildman–Crippen MR) is 181 cm³/mol. The molecule has 4 nitrogen and oxygen atoms in total. The molecule has 6 aromatic carbocycles. The molecule has 9 rings (SSSR count). The number of aromatic nitrogens is 2. The molecule has 1 aliphatic heterocycles. The SMILES string of the molecule is CC(C)(C)c1ccc(-n2c3ccc(-c4ccc5c(c4)c4cccc6c4n5-c4ccccc4O6)cc3c3cccc(O)c32)cc1. The maximum absolute atomic E-state index is 11.1. The van der Waals surface area contributed by atoms with E-state index in [0.717, 1.165) is 66.8 Å². The van der Waals surface area contributed by atoms with Crippen molar-refractivity contribution in [2.45, 2.75) is 26.2 Å². The molecule has 1 aliphatic rings. The zero-order chi connectivity index (χ0) is 29.7. The van der Waals surface area contributed by atoms with Crippen LogP contribution < -0.4 is 4.74 Å². The molecule has 0 amide bonds. The smallest absolute Gasteiger partial charge is 0.152 e. The molecule has 212 valence electrons. The number of hydrogen-bond donors (Lipinski definition) is 1. The Morgan fingerprint density at radius 1 is 0.545 bits per heavy atom. The van der Waals surface area contributed by atoms with Gasteiger partial charge in [-0.2, -0.15) is 0 Å². The molecule has 0 fully saturated rings. The van der Waals surface area contributed by atoms with E-state index >= 15 is 0 Å². The molecule has 0 aliphatic carbocycles. The van der Waals surface area contributed by atoms with Gasteiger partial charge < -0.3 is 19.0 Å². The maximum atomic E-state index is 11.1. The van der Waals surface area contributed by atoms with Crippen LogP contribution >= 0.6 is 0 Å². The van der Waals surface area contributed by atoms with Crippen LogP contribution in [0, 0.1) is 0 Å². The maximum Gasteiger partial charge on any atom is 0.152 e. The lowest BCUT2D eigenvalue weighted by atomic mass is 9.87. The first-order valence-electron chi connectivity index (χ1n) is 15.1. The fourth-order valence-corrected chi connectivity index (χ4v) is 7.01. The van der Waals surface area contributed by atoms with Gasteiger partial charge in [0, 0.05) is 27.2 Å². The number of para-hydroxylation sites is 4. The van der Waals surface area contributed by atoms with E-state index in [2.05, 4.69) is 121 Å². The quantitative estimate of drug-likeness (QED) is 0.225. The van der Waals surface area contributed by atoms with E-state index in [9.17, 15) is 5.11 Å². The van der Waals surface area contributed by atoms with Gasteiger partial charge in [-0.1, -0.05) is 81.4 Å². The Hall–Kier alpha value is -5.48. The summed E-state index contributed by atoms with van der Waals surface area (Å²) in [5.74, 6) is 2.02. The standard InChI is InChI=1S/C40H30N2O2/c1-40(2,3)26-16-18-27(19-17-26)41-32-20-14-24(22-30(32)28-8-6-11-35(43)38(28)41)25-15-21-33-31(23-25)29-9-7-13-37-39(29)42(33)34-10-4-5-12-36(34)44-37/h4-23,43H,1-3H3. The third kappa shape index (κ3) is 3.45. The highest BCUT2D eigenvalue weighted by Gasteiger charge is 2.24. The van der Waals surface area contributed by atoms with Gasteiger partial charge in [0.1, 0.15) is 5.75 Å². The van der Waals surface area contributed by atoms with Crippen molar-refractivity contribution < 1.29 is 9.84 Å². The predicted octanol–water partition coefficient (Wildman–Crippen LogP) is 10.7. The molecule has 0 bridgehead atoms. The van der Waals surface area contributed by atoms with Crippen LogP contribution in [0.4, 0.5) is 0 Å². The average Bonchev–Trinajstić information content (AvgIpc) is 3.55. The minimum absolute atomic E-state index is 0.0690. The summed E-state index contributed by atoms with van der Waals surface area (Å²) < 4.78 is 10.8. The van der Waals surface area contributed by atoms with Crippen LogP contribution in [-0.2, 0) is 5.41 Å². The molecule has 0 saturated carbocycles. The van der Waals surface area contributed by atoms with Gasteiger partial charge in [0.05, 0.1) is 27.8 Å². The Labute approximate surface area is 255 Å². The molecule has 4 heteroatoms. The summed E-state index contributed by atoms with van der Waals surface area (Å²) in [7, 11) is 0. The highest BCUT2D eigenvalue weighted by Crippen LogP contribution is 2.46. The van der Waals surface area contributed by atoms with Gasteiger partial charge >= 0.3 is 0 Å². The fourth-order valence-electron chi connectivity index (χ4n) is 7.01. The van der Waals surface area contributed by atoms with Crippen molar-refractivity contribution in [3.8, 4) is 39.8 Å². The van der Waals surface area contributed by atoms with Crippen molar-refractivity contribution in [1.29, 1.82) is 0 Å². The number of benzene rings is 6. The molecule has 1 N–H and O–H groups in total. The zero-order valence-electron chi connectivity index (χ0n) is 24.8. The minimum atomic E-state index is 0.0690. The van der Waals surface area contributed by atoms with Crippen molar-refractivity contribution >= 4 is 43.6 Å². The van der Waals surface area contributed by atoms with Crippen LogP contribution in [0.5, 0.6) is 17.2 Å². The summed E-state index contributed by atoms with van der Waals surface area (Å²) >= 11 is 0. The number of hydrogen-bond acceptors (Lipinski definition) is 2. The Balaban J connectivity index is 1.25. The molecular weight excluding hydrogens is 540 g/mol. The van der Waals surface area contributed by atoms with E-state index in [4.69, 9.17) is 4.74 Å². The molecule has 44 heavy (non-hydrogen) atoms. The molecule has 0 radical (unpaired) electrons. The first kappa shape index (κ1) is 25.1. The van der Waals surface area contributed by atoms with E-state index in [0.29, 0.717) is 0 Å². The van der Waals surface area contributed by atoms with Crippen LogP contribution in [0.3, 0.4) is 0 Å². The molecule has 3 heterocycles. The van der Waals surface area contributed by atoms with Crippen LogP contribution in [0.1, 0.15) is 26.3 Å². The zero-order valence-corrected chi connectivity index (χ0v) is 24.8. The largest absolute Gasteiger partial charge is 0.506 e. The topological polar surface area (TPSA) is 39.3 Å². The Morgan fingerprint density at radius 2 is 1.16 bits per heavy atom. The van der Waals surface area contributed by atoms with Crippen LogP contribution in [0.2, 0.25) is 0 Å². The minimum Gasteiger partial charge on any atom is -0.506 e. The van der Waals surface area contributed by atoms with Gasteiger partial charge in [-0.3, -0.25) is 0 Å². The third-order valence-corrected chi connectivity index (χ3v) is 9.17. The second-order valence-electron chi connectivity index (χ2n) is 12.8. The molecular formula is C40H30N2O2. The number of phenolic OH excluding ortho intramolecular Hbond substituents is 1. The third-order valence-electron chi connectivity index (χ3n) is 9.17. The Morgan fingerprint density at radius 3 is 1.86 bits per heavy atom. The first-order chi connectivity index (χ1) is 21.4. The van der Waals surface area contributed by atoms with Crippen molar-refractivity contribution in [1.82, 2.24) is 9.13 Å². The first-order valence-corrected chi connectivity index (χ1v) is 15.1. The number of rotatable bonds is 2. The second kappa shape index (κ2) is 8.77. The number of nitrogens with zero attached hydrogens (tertiary/aromatic N) is 2. The Bertz CT molecular complexity index is 2450. The molecule has 0 atom stereocenters. The van der Waals surface area contributed by atoms with E-state index in [1.165, 1.54) is 16.3 Å². The number of fused-ring (bicyclic) bond motifs is 8. The highest BCUT2D eigenvalue weighted by atomic mass is 16.5. The lowest BCUT2D eigenvalue weighted by Crippen LogP contribution is -2.10. The Kier molecular flexibility index (Phi) is 5.00. The summed E-state index contributed by atoms with van der Waals surface area (Å²) in [6.45, 7) is 6.68. The summed E-state index contributed by atoms with van der Waals surface area (Å²) in [6, 6.07) is 42.4. The van der Waals surface area contributed by atoms with Gasteiger partial charge in [0.25, 0.3) is 0 Å². The molecule has 0 spiro atoms. The molecule has 0 saturated heterocycles. The van der Waals surface area contributed by atoms with Crippen LogP contribution in [0.25, 0.3) is 66.1 Å². The number of phenols is 1. The number of aromatic hydroxyl groups is 1. The molecule has 0 unspecified atom stereocenters. The normalized spacial score (nSPS) is 12.7. The highest BCUT2D eigenvalue weighted by molar-refractivity contribution is 6.14. The lowest BCUT2D eigenvalue weighted by molar-refractivity contribution is 0.476. The van der Waals surface area contributed by atoms with Crippen molar-refractivity contribution in [3.05, 3.63) is 127 Å². The summed E-state index contributed by atoms with van der Waals surface area (Å²) in [4.78, 5) is 0. The summed E-state index contributed by atoms with van der Waals surface area (Å²) in [5.41, 5.74) is 9.87. The lowest BCUT2D eigenvalue weighted by Gasteiger charge is -2.20. The van der Waals surface area contributed by atoms with E-state index in [1.807, 2.05) is 24.3 Å². The second-order valence-corrected chi connectivity index (χ2v) is 12.8. The monoisotopic (exact) mass is 570 g/mol. The van der Waals surface area contributed by atoms with Gasteiger partial charge in [-0.25, -0.2) is 0 Å². The van der Waals surface area contributed by atoms with E-state index in [-0.39, 0.29) is 11.2 Å². The average molecular weight is 571 g/mol. The fraction of sp³-hybridized carbons (Fsp3) is 0.100. The summed E-state index contributed by atoms with van der Waals surface area (Å²) in [6.07, 6.45) is 0. The summed E-state index contributed by atoms with van der Waals surface area (Å²) in [5, 5.41) is 15.6. The number of ether oxygens (including phenoxy) is 1. The van der Waals surface area contributed by atoms with E-state index < -0.39 is 0 Å². The van der Waals surface area contributed by atoms with Gasteiger partial charge in [0.2, 0.25) is 0 Å².